The molecule has 0 aliphatic carbocycles. The van der Waals surface area contributed by atoms with E-state index in [2.05, 4.69) is 50.7 Å². The van der Waals surface area contributed by atoms with Gasteiger partial charge in [0.05, 0.1) is 12.7 Å². The number of amides is 2. The predicted molar refractivity (Wildman–Crippen MR) is 103 cm³/mol. The first-order valence-electron chi connectivity index (χ1n) is 9.38. The molecule has 26 heavy (non-hydrogen) atoms. The summed E-state index contributed by atoms with van der Waals surface area (Å²) in [4.78, 5) is 16.4. The fraction of sp³-hybridized carbons (Fsp3) is 0.500. The van der Waals surface area contributed by atoms with E-state index in [1.54, 1.807) is 11.1 Å². The summed E-state index contributed by atoms with van der Waals surface area (Å²) in [7, 11) is 1.81. The van der Waals surface area contributed by atoms with E-state index in [1.807, 2.05) is 14.0 Å². The molecule has 1 aliphatic rings. The Labute approximate surface area is 155 Å². The molecule has 2 N–H and O–H groups in total. The average Bonchev–Trinajstić information content (AvgIpc) is 3.07. The van der Waals surface area contributed by atoms with Gasteiger partial charge in [-0.15, -0.1) is 0 Å². The first-order valence-corrected chi connectivity index (χ1v) is 9.38. The Morgan fingerprint density at radius 3 is 2.92 bits per heavy atom. The number of rotatable bonds is 6. The zero-order valence-electron chi connectivity index (χ0n) is 15.7. The van der Waals surface area contributed by atoms with E-state index in [9.17, 15) is 4.79 Å². The molecule has 3 rings (SSSR count). The SMILES string of the molecule is Cc1[nH]ncc1CN(C)C(=O)NCCN1CCCC(c2ccccc2)C1. The highest BCUT2D eigenvalue weighted by Gasteiger charge is 2.21. The second-order valence-electron chi connectivity index (χ2n) is 7.16. The smallest absolute Gasteiger partial charge is 0.317 e. The van der Waals surface area contributed by atoms with Crippen LogP contribution in [-0.2, 0) is 6.54 Å². The Hall–Kier alpha value is -2.34. The van der Waals surface area contributed by atoms with E-state index in [0.29, 0.717) is 19.0 Å². The molecule has 0 bridgehead atoms. The summed E-state index contributed by atoms with van der Waals surface area (Å²) in [6.07, 6.45) is 4.24. The van der Waals surface area contributed by atoms with Gasteiger partial charge in [0, 0.05) is 37.9 Å². The summed E-state index contributed by atoms with van der Waals surface area (Å²) in [6.45, 7) is 6.29. The van der Waals surface area contributed by atoms with Crippen molar-refractivity contribution >= 4 is 6.03 Å². The van der Waals surface area contributed by atoms with Gasteiger partial charge in [-0.1, -0.05) is 30.3 Å². The van der Waals surface area contributed by atoms with E-state index in [1.165, 1.54) is 18.4 Å². The summed E-state index contributed by atoms with van der Waals surface area (Å²) in [5.74, 6) is 0.604. The van der Waals surface area contributed by atoms with Gasteiger partial charge >= 0.3 is 6.03 Å². The number of aryl methyl sites for hydroxylation is 1. The minimum atomic E-state index is -0.0396. The maximum Gasteiger partial charge on any atom is 0.317 e. The van der Waals surface area contributed by atoms with Crippen LogP contribution in [0.4, 0.5) is 4.79 Å². The zero-order chi connectivity index (χ0) is 18.4. The van der Waals surface area contributed by atoms with Crippen molar-refractivity contribution in [1.29, 1.82) is 0 Å². The average molecular weight is 355 g/mol. The minimum Gasteiger partial charge on any atom is -0.337 e. The van der Waals surface area contributed by atoms with Gasteiger partial charge in [-0.25, -0.2) is 4.79 Å². The maximum absolute atomic E-state index is 12.3. The van der Waals surface area contributed by atoms with Crippen molar-refractivity contribution in [3.05, 3.63) is 53.3 Å². The van der Waals surface area contributed by atoms with Crippen molar-refractivity contribution in [3.8, 4) is 0 Å². The summed E-state index contributed by atoms with van der Waals surface area (Å²) < 4.78 is 0. The number of aromatic nitrogens is 2. The minimum absolute atomic E-state index is 0.0396. The van der Waals surface area contributed by atoms with E-state index < -0.39 is 0 Å². The molecule has 1 aliphatic heterocycles. The van der Waals surface area contributed by atoms with Crippen molar-refractivity contribution in [2.75, 3.05) is 33.2 Å². The van der Waals surface area contributed by atoms with Crippen molar-refractivity contribution in [2.45, 2.75) is 32.2 Å². The van der Waals surface area contributed by atoms with Gasteiger partial charge in [-0.3, -0.25) is 5.10 Å². The maximum atomic E-state index is 12.3. The van der Waals surface area contributed by atoms with Crippen LogP contribution in [-0.4, -0.2) is 59.3 Å². The molecule has 6 nitrogen and oxygen atoms in total. The Balaban J connectivity index is 1.41. The first kappa shape index (κ1) is 18.5. The lowest BCUT2D eigenvalue weighted by atomic mass is 9.91. The van der Waals surface area contributed by atoms with Gasteiger partial charge in [0.25, 0.3) is 0 Å². The van der Waals surface area contributed by atoms with E-state index in [0.717, 1.165) is 30.9 Å². The lowest BCUT2D eigenvalue weighted by molar-refractivity contribution is 0.192. The largest absolute Gasteiger partial charge is 0.337 e. The van der Waals surface area contributed by atoms with Gasteiger partial charge < -0.3 is 15.1 Å². The molecule has 1 aromatic carbocycles. The lowest BCUT2D eigenvalue weighted by Crippen LogP contribution is -2.43. The number of hydrogen-bond acceptors (Lipinski definition) is 3. The number of nitrogens with one attached hydrogen (secondary N) is 2. The van der Waals surface area contributed by atoms with Crippen LogP contribution in [0.3, 0.4) is 0 Å². The van der Waals surface area contributed by atoms with Crippen LogP contribution in [0.15, 0.2) is 36.5 Å². The van der Waals surface area contributed by atoms with Crippen LogP contribution in [0, 0.1) is 6.92 Å². The molecule has 2 aromatic rings. The highest BCUT2D eigenvalue weighted by atomic mass is 16.2. The number of piperidine rings is 1. The number of likely N-dealkylation sites (tertiary alicyclic amines) is 1. The topological polar surface area (TPSA) is 64.3 Å². The molecule has 140 valence electrons. The van der Waals surface area contributed by atoms with Gasteiger partial charge in [0.1, 0.15) is 0 Å². The van der Waals surface area contributed by atoms with Gasteiger partial charge in [-0.05, 0) is 37.8 Å². The number of urea groups is 1. The Bertz CT molecular complexity index is 699. The number of hydrogen-bond donors (Lipinski definition) is 2. The number of benzene rings is 1. The Morgan fingerprint density at radius 2 is 2.19 bits per heavy atom. The monoisotopic (exact) mass is 355 g/mol. The number of H-pyrrole nitrogens is 1. The fourth-order valence-corrected chi connectivity index (χ4v) is 3.57. The van der Waals surface area contributed by atoms with Crippen LogP contribution >= 0.6 is 0 Å². The molecule has 1 atom stereocenters. The third-order valence-electron chi connectivity index (χ3n) is 5.17. The summed E-state index contributed by atoms with van der Waals surface area (Å²) in [6, 6.07) is 10.7. The number of carbonyl (C=O) groups is 1. The summed E-state index contributed by atoms with van der Waals surface area (Å²) >= 11 is 0. The molecule has 1 aromatic heterocycles. The highest BCUT2D eigenvalue weighted by molar-refractivity contribution is 5.73. The van der Waals surface area contributed by atoms with Crippen molar-refractivity contribution in [1.82, 2.24) is 25.3 Å². The molecule has 1 unspecified atom stereocenters. The Kier molecular flexibility index (Phi) is 6.28. The molecule has 0 saturated carbocycles. The highest BCUT2D eigenvalue weighted by Crippen LogP contribution is 2.26. The number of nitrogens with zero attached hydrogens (tertiary/aromatic N) is 3. The zero-order valence-corrected chi connectivity index (χ0v) is 15.7. The molecule has 2 amide bonds. The van der Waals surface area contributed by atoms with Crippen molar-refractivity contribution in [2.24, 2.45) is 0 Å². The number of carbonyl (C=O) groups excluding carboxylic acids is 1. The summed E-state index contributed by atoms with van der Waals surface area (Å²) in [5, 5.41) is 9.93. The van der Waals surface area contributed by atoms with E-state index in [4.69, 9.17) is 0 Å². The normalized spacial score (nSPS) is 17.8. The van der Waals surface area contributed by atoms with E-state index in [-0.39, 0.29) is 6.03 Å². The van der Waals surface area contributed by atoms with Gasteiger partial charge in [0.15, 0.2) is 0 Å². The second-order valence-corrected chi connectivity index (χ2v) is 7.16. The predicted octanol–water partition coefficient (Wildman–Crippen LogP) is 2.74. The van der Waals surface area contributed by atoms with Crippen molar-refractivity contribution in [3.63, 3.8) is 0 Å². The van der Waals surface area contributed by atoms with Crippen LogP contribution in [0.1, 0.15) is 35.6 Å². The summed E-state index contributed by atoms with van der Waals surface area (Å²) in [5.41, 5.74) is 3.48. The molecular weight excluding hydrogens is 326 g/mol. The standard InChI is InChI=1S/C20H29N5O/c1-16-19(13-22-23-16)14-24(2)20(26)21-10-12-25-11-6-9-18(15-25)17-7-4-3-5-8-17/h3-5,7-8,13,18H,6,9-12,14-15H2,1-2H3,(H,21,26)(H,22,23). The Morgan fingerprint density at radius 1 is 1.38 bits per heavy atom. The van der Waals surface area contributed by atoms with Gasteiger partial charge in [-0.2, -0.15) is 5.10 Å². The van der Waals surface area contributed by atoms with Crippen LogP contribution in [0.2, 0.25) is 0 Å². The van der Waals surface area contributed by atoms with E-state index >= 15 is 0 Å². The molecular formula is C20H29N5O. The molecule has 2 heterocycles. The van der Waals surface area contributed by atoms with Crippen LogP contribution in [0.25, 0.3) is 0 Å². The quantitative estimate of drug-likeness (QED) is 0.837. The number of aromatic amines is 1. The fourth-order valence-electron chi connectivity index (χ4n) is 3.57. The third kappa shape index (κ3) is 4.85. The molecule has 0 radical (unpaired) electrons. The molecule has 0 spiro atoms. The third-order valence-corrected chi connectivity index (χ3v) is 5.17. The molecule has 6 heteroatoms. The molecule has 1 fully saturated rings. The van der Waals surface area contributed by atoms with Crippen LogP contribution in [0.5, 0.6) is 0 Å². The van der Waals surface area contributed by atoms with Crippen LogP contribution < -0.4 is 5.32 Å². The lowest BCUT2D eigenvalue weighted by Gasteiger charge is -2.33. The van der Waals surface area contributed by atoms with Crippen molar-refractivity contribution < 1.29 is 4.79 Å². The molecule has 1 saturated heterocycles. The first-order chi connectivity index (χ1) is 12.6. The van der Waals surface area contributed by atoms with Gasteiger partial charge in [0.2, 0.25) is 0 Å². The second kappa shape index (κ2) is 8.85.